The van der Waals surface area contributed by atoms with Gasteiger partial charge in [-0.1, -0.05) is 48.5 Å². The zero-order chi connectivity index (χ0) is 19.1. The second-order valence-electron chi connectivity index (χ2n) is 5.55. The summed E-state index contributed by atoms with van der Waals surface area (Å²) in [6, 6.07) is 23.4. The lowest BCUT2D eigenvalue weighted by molar-refractivity contribution is 0.0230. The highest BCUT2D eigenvalue weighted by Gasteiger charge is 2.16. The van der Waals surface area contributed by atoms with Crippen molar-refractivity contribution in [3.8, 4) is 0 Å². The van der Waals surface area contributed by atoms with E-state index in [0.717, 1.165) is 0 Å². The van der Waals surface area contributed by atoms with E-state index in [1.807, 2.05) is 0 Å². The minimum atomic E-state index is -0.685. The van der Waals surface area contributed by atoms with Crippen LogP contribution in [0.4, 0.5) is 5.69 Å². The van der Waals surface area contributed by atoms with E-state index in [1.54, 1.807) is 78.9 Å². The Morgan fingerprint density at radius 3 is 1.85 bits per heavy atom. The second kappa shape index (κ2) is 8.44. The molecule has 2 N–H and O–H groups in total. The third-order valence-electron chi connectivity index (χ3n) is 3.70. The van der Waals surface area contributed by atoms with Gasteiger partial charge in [0.2, 0.25) is 0 Å². The first-order valence-corrected chi connectivity index (χ1v) is 8.17. The highest BCUT2D eigenvalue weighted by atomic mass is 16.7. The first kappa shape index (κ1) is 17.9. The van der Waals surface area contributed by atoms with Gasteiger partial charge < -0.3 is 10.2 Å². The van der Waals surface area contributed by atoms with E-state index in [9.17, 15) is 14.4 Å². The van der Waals surface area contributed by atoms with Crippen LogP contribution in [0.3, 0.4) is 0 Å². The number of amides is 2. The number of rotatable bonds is 4. The highest BCUT2D eigenvalue weighted by Crippen LogP contribution is 2.16. The summed E-state index contributed by atoms with van der Waals surface area (Å²) in [7, 11) is 0. The third kappa shape index (κ3) is 4.58. The molecule has 0 fully saturated rings. The van der Waals surface area contributed by atoms with Gasteiger partial charge >= 0.3 is 5.97 Å². The van der Waals surface area contributed by atoms with Gasteiger partial charge in [0.05, 0.1) is 16.8 Å². The fourth-order valence-electron chi connectivity index (χ4n) is 2.35. The number of para-hydroxylation sites is 1. The summed E-state index contributed by atoms with van der Waals surface area (Å²) in [6.07, 6.45) is 0. The van der Waals surface area contributed by atoms with E-state index < -0.39 is 11.9 Å². The van der Waals surface area contributed by atoms with Crippen LogP contribution in [0.2, 0.25) is 0 Å². The molecule has 6 nitrogen and oxygen atoms in total. The molecule has 0 aromatic heterocycles. The van der Waals surface area contributed by atoms with Crippen molar-refractivity contribution in [2.75, 3.05) is 5.32 Å². The molecule has 3 aromatic rings. The molecule has 0 saturated heterocycles. The highest BCUT2D eigenvalue weighted by molar-refractivity contribution is 6.09. The van der Waals surface area contributed by atoms with Crippen LogP contribution in [0.5, 0.6) is 0 Å². The molecule has 3 aromatic carbocycles. The minimum absolute atomic E-state index is 0.169. The molecule has 0 bridgehead atoms. The minimum Gasteiger partial charge on any atom is -0.335 e. The smallest absolute Gasteiger partial charge is 0.335 e. The van der Waals surface area contributed by atoms with Gasteiger partial charge in [-0.25, -0.2) is 4.79 Å². The lowest BCUT2D eigenvalue weighted by atomic mass is 10.1. The molecule has 0 unspecified atom stereocenters. The molecule has 0 saturated carbocycles. The summed E-state index contributed by atoms with van der Waals surface area (Å²) in [5.41, 5.74) is 3.36. The van der Waals surface area contributed by atoms with Crippen LogP contribution in [0.25, 0.3) is 0 Å². The molecule has 0 atom stereocenters. The standard InChI is InChI=1S/C21H16N2O4/c24-19(15-9-3-1-4-10-15)22-18-14-8-7-13-17(18)20(25)23-27-21(26)16-11-5-2-6-12-16/h1-14H,(H,22,24)(H,23,25). The average Bonchev–Trinajstić information content (AvgIpc) is 2.73. The first-order valence-electron chi connectivity index (χ1n) is 8.17. The van der Waals surface area contributed by atoms with Gasteiger partial charge in [-0.2, -0.15) is 5.48 Å². The topological polar surface area (TPSA) is 84.5 Å². The van der Waals surface area contributed by atoms with Crippen molar-refractivity contribution in [3.05, 3.63) is 102 Å². The molecule has 27 heavy (non-hydrogen) atoms. The number of carbonyl (C=O) groups excluding carboxylic acids is 3. The van der Waals surface area contributed by atoms with Crippen molar-refractivity contribution in [2.45, 2.75) is 0 Å². The Kier molecular flexibility index (Phi) is 5.59. The van der Waals surface area contributed by atoms with Gasteiger partial charge in [0, 0.05) is 5.56 Å². The Morgan fingerprint density at radius 2 is 1.19 bits per heavy atom. The molecular weight excluding hydrogens is 344 g/mol. The van der Waals surface area contributed by atoms with E-state index in [0.29, 0.717) is 16.8 Å². The fraction of sp³-hybridized carbons (Fsp3) is 0. The van der Waals surface area contributed by atoms with E-state index in [2.05, 4.69) is 10.8 Å². The predicted molar refractivity (Wildman–Crippen MR) is 100 cm³/mol. The van der Waals surface area contributed by atoms with Crippen molar-refractivity contribution in [3.63, 3.8) is 0 Å². The molecule has 0 aliphatic carbocycles. The SMILES string of the molecule is O=C(Nc1ccccc1C(=O)NOC(=O)c1ccccc1)c1ccccc1. The number of hydrogen-bond donors (Lipinski definition) is 2. The zero-order valence-electron chi connectivity index (χ0n) is 14.2. The van der Waals surface area contributed by atoms with Crippen LogP contribution in [0.15, 0.2) is 84.9 Å². The van der Waals surface area contributed by atoms with Crippen LogP contribution >= 0.6 is 0 Å². The Morgan fingerprint density at radius 1 is 0.630 bits per heavy atom. The quantitative estimate of drug-likeness (QED) is 0.698. The Hall–Kier alpha value is -3.93. The number of anilines is 1. The number of benzene rings is 3. The molecule has 0 aliphatic heterocycles. The van der Waals surface area contributed by atoms with Crippen molar-refractivity contribution in [1.29, 1.82) is 0 Å². The van der Waals surface area contributed by atoms with Crippen LogP contribution in [-0.2, 0) is 4.84 Å². The van der Waals surface area contributed by atoms with E-state index in [4.69, 9.17) is 4.84 Å². The molecule has 134 valence electrons. The summed E-state index contributed by atoms with van der Waals surface area (Å²) < 4.78 is 0. The second-order valence-corrected chi connectivity index (χ2v) is 5.55. The monoisotopic (exact) mass is 360 g/mol. The van der Waals surface area contributed by atoms with Crippen molar-refractivity contribution in [1.82, 2.24) is 5.48 Å². The molecule has 6 heteroatoms. The fourth-order valence-corrected chi connectivity index (χ4v) is 2.35. The first-order chi connectivity index (χ1) is 13.1. The lowest BCUT2D eigenvalue weighted by Gasteiger charge is -2.11. The Labute approximate surface area is 155 Å². The average molecular weight is 360 g/mol. The van der Waals surface area contributed by atoms with Gasteiger partial charge in [-0.15, -0.1) is 0 Å². The van der Waals surface area contributed by atoms with Gasteiger partial charge in [0.25, 0.3) is 11.8 Å². The van der Waals surface area contributed by atoms with Crippen molar-refractivity contribution < 1.29 is 19.2 Å². The molecule has 0 spiro atoms. The van der Waals surface area contributed by atoms with Crippen molar-refractivity contribution in [2.24, 2.45) is 0 Å². The third-order valence-corrected chi connectivity index (χ3v) is 3.70. The van der Waals surface area contributed by atoms with Crippen LogP contribution in [0.1, 0.15) is 31.1 Å². The number of hydroxylamine groups is 1. The molecule has 0 aliphatic rings. The normalized spacial score (nSPS) is 9.93. The zero-order valence-corrected chi connectivity index (χ0v) is 14.2. The maximum Gasteiger partial charge on any atom is 0.362 e. The van der Waals surface area contributed by atoms with Gasteiger partial charge in [0.1, 0.15) is 0 Å². The molecule has 0 heterocycles. The van der Waals surface area contributed by atoms with E-state index >= 15 is 0 Å². The summed E-state index contributed by atoms with van der Waals surface area (Å²) in [5.74, 6) is -1.69. The van der Waals surface area contributed by atoms with Crippen molar-refractivity contribution >= 4 is 23.5 Å². The lowest BCUT2D eigenvalue weighted by Crippen LogP contribution is -2.28. The van der Waals surface area contributed by atoms with Crippen LogP contribution < -0.4 is 10.8 Å². The predicted octanol–water partition coefficient (Wildman–Crippen LogP) is 3.44. The van der Waals surface area contributed by atoms with Crippen LogP contribution in [0, 0.1) is 0 Å². The largest absolute Gasteiger partial charge is 0.362 e. The number of nitrogens with one attached hydrogen (secondary N) is 2. The molecule has 3 rings (SSSR count). The number of hydrogen-bond acceptors (Lipinski definition) is 4. The molecule has 0 radical (unpaired) electrons. The van der Waals surface area contributed by atoms with Gasteiger partial charge in [-0.05, 0) is 36.4 Å². The van der Waals surface area contributed by atoms with Gasteiger partial charge in [-0.3, -0.25) is 9.59 Å². The maximum atomic E-state index is 12.4. The maximum absolute atomic E-state index is 12.4. The summed E-state index contributed by atoms with van der Waals surface area (Å²) >= 11 is 0. The Balaban J connectivity index is 1.69. The van der Waals surface area contributed by atoms with Crippen LogP contribution in [-0.4, -0.2) is 17.8 Å². The summed E-state index contributed by atoms with van der Waals surface area (Å²) in [4.78, 5) is 41.5. The number of carbonyl (C=O) groups is 3. The molecule has 2 amide bonds. The molecular formula is C21H16N2O4. The van der Waals surface area contributed by atoms with E-state index in [1.165, 1.54) is 6.07 Å². The van der Waals surface area contributed by atoms with E-state index in [-0.39, 0.29) is 11.5 Å². The Bertz CT molecular complexity index is 956. The van der Waals surface area contributed by atoms with Gasteiger partial charge in [0.15, 0.2) is 0 Å². The summed E-state index contributed by atoms with van der Waals surface area (Å²) in [6.45, 7) is 0. The summed E-state index contributed by atoms with van der Waals surface area (Å²) in [5, 5.41) is 2.69.